The maximum absolute atomic E-state index is 11.0. The quantitative estimate of drug-likeness (QED) is 0.169. The first-order chi connectivity index (χ1) is 17.8. The summed E-state index contributed by atoms with van der Waals surface area (Å²) in [6, 6.07) is 0. The number of carbonyl (C=O) groups is 6. The number of carboxylic acids is 3. The first-order valence-corrected chi connectivity index (χ1v) is 15.6. The van der Waals surface area contributed by atoms with Crippen LogP contribution in [0.25, 0.3) is 0 Å². The molecule has 0 saturated carbocycles. The van der Waals surface area contributed by atoms with Crippen LogP contribution in [0.15, 0.2) is 0 Å². The number of Topliss-reactive ketones (excluding diaryl/α,β-unsaturated/α-hetero) is 3. The van der Waals surface area contributed by atoms with Crippen LogP contribution in [-0.2, 0) is 28.8 Å². The Balaban J connectivity index is -0.000000209. The van der Waals surface area contributed by atoms with E-state index in [-0.39, 0.29) is 35.1 Å². The Labute approximate surface area is 242 Å². The number of hydrogen-bond acceptors (Lipinski definition) is 9. The fourth-order valence-corrected chi connectivity index (χ4v) is 4.28. The van der Waals surface area contributed by atoms with Gasteiger partial charge in [0, 0.05) is 54.9 Å². The van der Waals surface area contributed by atoms with E-state index in [4.69, 9.17) is 0 Å². The van der Waals surface area contributed by atoms with E-state index in [0.29, 0.717) is 38.5 Å². The van der Waals surface area contributed by atoms with Crippen molar-refractivity contribution in [3.05, 3.63) is 0 Å². The summed E-state index contributed by atoms with van der Waals surface area (Å²) in [6.07, 6.45) is 5.75. The molecule has 0 bridgehead atoms. The third-order valence-corrected chi connectivity index (χ3v) is 6.82. The van der Waals surface area contributed by atoms with Crippen LogP contribution in [0.5, 0.6) is 0 Å². The number of carbonyl (C=O) groups excluding carboxylic acids is 6. The van der Waals surface area contributed by atoms with Crippen LogP contribution in [0, 0.1) is 17.8 Å². The summed E-state index contributed by atoms with van der Waals surface area (Å²) in [5, 5.41) is 30.0. The molecule has 10 heteroatoms. The predicted molar refractivity (Wildman–Crippen MR) is 142 cm³/mol. The molecular formula is C28H48O9Sn. The van der Waals surface area contributed by atoms with Gasteiger partial charge in [0.15, 0.2) is 0 Å². The number of aliphatic carboxylic acids is 3. The predicted octanol–water partition coefficient (Wildman–Crippen LogP) is 1.77. The molecule has 0 aromatic heterocycles. The summed E-state index contributed by atoms with van der Waals surface area (Å²) >= 11 is 1.68. The average Bonchev–Trinajstić information content (AvgIpc) is 2.82. The van der Waals surface area contributed by atoms with Crippen LogP contribution < -0.4 is 15.3 Å². The Morgan fingerprint density at radius 2 is 0.711 bits per heavy atom. The monoisotopic (exact) mass is 648 g/mol. The third kappa shape index (κ3) is 28.8. The van der Waals surface area contributed by atoms with Crippen molar-refractivity contribution >= 4 is 57.8 Å². The van der Waals surface area contributed by atoms with E-state index in [9.17, 15) is 44.1 Å². The SMILES string of the molecule is CCC(CC)C(=O)CC(=O)[O-].CCC(CC)C(=O)CC(=O)[O-].CCC(CC)C(=O)CC(=O)[O-].CCC[CH2][Sn+3]. The van der Waals surface area contributed by atoms with Gasteiger partial charge in [-0.2, -0.15) is 0 Å². The molecule has 0 atom stereocenters. The maximum atomic E-state index is 11.0. The fraction of sp³-hybridized carbons (Fsp3) is 0.786. The van der Waals surface area contributed by atoms with Crippen molar-refractivity contribution in [3.8, 4) is 0 Å². The molecule has 0 amide bonds. The third-order valence-electron chi connectivity index (χ3n) is 5.81. The van der Waals surface area contributed by atoms with Crippen molar-refractivity contribution in [2.45, 2.75) is 124 Å². The number of unbranched alkanes of at least 4 members (excludes halogenated alkanes) is 1. The van der Waals surface area contributed by atoms with E-state index < -0.39 is 37.2 Å². The zero-order chi connectivity index (χ0) is 30.7. The standard InChI is InChI=1S/3C8H14O3.C4H9.Sn/c3*1-3-6(4-2)7(9)5-8(10)11;1-3-4-2;/h3*6H,3-5H2,1-2H3,(H,10,11);1,3-4H2,2H3;/q;;;;+3/p-3. The molecule has 0 heterocycles. The van der Waals surface area contributed by atoms with Gasteiger partial charge < -0.3 is 29.7 Å². The van der Waals surface area contributed by atoms with Gasteiger partial charge in [0.25, 0.3) is 0 Å². The molecule has 38 heavy (non-hydrogen) atoms. The van der Waals surface area contributed by atoms with Gasteiger partial charge in [-0.05, 0) is 38.5 Å². The molecule has 0 unspecified atom stereocenters. The zero-order valence-electron chi connectivity index (χ0n) is 24.4. The summed E-state index contributed by atoms with van der Waals surface area (Å²) in [6.45, 7) is 13.5. The van der Waals surface area contributed by atoms with Crippen LogP contribution in [0.1, 0.15) is 119 Å². The minimum absolute atomic E-state index is 0.104. The normalized spacial score (nSPS) is 9.89. The Bertz CT molecular complexity index is 578. The molecule has 0 aliphatic heterocycles. The van der Waals surface area contributed by atoms with Crippen LogP contribution in [0.2, 0.25) is 4.44 Å². The molecular weight excluding hydrogens is 599 g/mol. The summed E-state index contributed by atoms with van der Waals surface area (Å²) in [7, 11) is 0. The Kier molecular flexibility index (Phi) is 33.9. The number of hydrogen-bond donors (Lipinski definition) is 0. The average molecular weight is 647 g/mol. The molecule has 0 aliphatic rings. The molecule has 0 rings (SSSR count). The molecule has 9 nitrogen and oxygen atoms in total. The fourth-order valence-electron chi connectivity index (χ4n) is 3.27. The van der Waals surface area contributed by atoms with E-state index in [2.05, 4.69) is 6.92 Å². The molecule has 0 N–H and O–H groups in total. The summed E-state index contributed by atoms with van der Waals surface area (Å²) < 4.78 is 1.43. The second kappa shape index (κ2) is 29.8. The van der Waals surface area contributed by atoms with Crippen molar-refractivity contribution in [1.29, 1.82) is 0 Å². The first-order valence-electron chi connectivity index (χ1n) is 13.6. The summed E-state index contributed by atoms with van der Waals surface area (Å²) in [4.78, 5) is 63.0. The molecule has 0 aromatic rings. The first kappa shape index (κ1) is 43.3. The molecule has 0 spiro atoms. The van der Waals surface area contributed by atoms with Gasteiger partial charge >= 0.3 is 46.7 Å². The molecule has 0 radical (unpaired) electrons. The van der Waals surface area contributed by atoms with Gasteiger partial charge in [-0.1, -0.05) is 41.5 Å². The second-order valence-electron chi connectivity index (χ2n) is 8.69. The molecule has 0 saturated heterocycles. The second-order valence-corrected chi connectivity index (χ2v) is 10.1. The van der Waals surface area contributed by atoms with E-state index in [0.717, 1.165) is 0 Å². The number of rotatable bonds is 17. The minimum atomic E-state index is -1.28. The van der Waals surface area contributed by atoms with Gasteiger partial charge in [-0.25, -0.2) is 0 Å². The Hall–Kier alpha value is -1.78. The van der Waals surface area contributed by atoms with E-state index in [1.165, 1.54) is 17.3 Å². The van der Waals surface area contributed by atoms with Crippen LogP contribution >= 0.6 is 0 Å². The molecule has 0 aromatic carbocycles. The van der Waals surface area contributed by atoms with Gasteiger partial charge in [0.2, 0.25) is 0 Å². The molecule has 0 fully saturated rings. The van der Waals surface area contributed by atoms with Gasteiger partial charge in [0.05, 0.1) is 0 Å². The van der Waals surface area contributed by atoms with Crippen molar-refractivity contribution in [2.24, 2.45) is 17.8 Å². The van der Waals surface area contributed by atoms with Crippen LogP contribution in [-0.4, -0.2) is 57.8 Å². The topological polar surface area (TPSA) is 172 Å². The number of carboxylic acid groups (broad SMARTS) is 3. The van der Waals surface area contributed by atoms with Crippen molar-refractivity contribution < 1.29 is 44.1 Å². The molecule has 0 aliphatic carbocycles. The van der Waals surface area contributed by atoms with Gasteiger partial charge in [0.1, 0.15) is 17.3 Å². The van der Waals surface area contributed by atoms with Gasteiger partial charge in [-0.15, -0.1) is 0 Å². The summed E-state index contributed by atoms with van der Waals surface area (Å²) in [5.74, 6) is -4.78. The van der Waals surface area contributed by atoms with Crippen LogP contribution in [0.3, 0.4) is 0 Å². The van der Waals surface area contributed by atoms with Crippen molar-refractivity contribution in [1.82, 2.24) is 0 Å². The Morgan fingerprint density at radius 1 is 0.500 bits per heavy atom. The van der Waals surface area contributed by atoms with Crippen LogP contribution in [0.4, 0.5) is 0 Å². The zero-order valence-corrected chi connectivity index (χ0v) is 27.2. The summed E-state index contributed by atoms with van der Waals surface area (Å²) in [5.41, 5.74) is 0. The van der Waals surface area contributed by atoms with Crippen molar-refractivity contribution in [2.75, 3.05) is 0 Å². The van der Waals surface area contributed by atoms with E-state index in [1.807, 2.05) is 41.5 Å². The van der Waals surface area contributed by atoms with E-state index >= 15 is 0 Å². The van der Waals surface area contributed by atoms with E-state index in [1.54, 1.807) is 22.5 Å². The van der Waals surface area contributed by atoms with Gasteiger partial charge in [-0.3, -0.25) is 14.4 Å². The Morgan fingerprint density at radius 3 is 0.789 bits per heavy atom. The van der Waals surface area contributed by atoms with Crippen molar-refractivity contribution in [3.63, 3.8) is 0 Å². The number of ketones is 3. The molecule has 218 valence electrons.